The third-order valence-electron chi connectivity index (χ3n) is 3.54. The number of hydrogen-bond acceptors (Lipinski definition) is 3. The predicted molar refractivity (Wildman–Crippen MR) is 72.3 cm³/mol. The van der Waals surface area contributed by atoms with Gasteiger partial charge >= 0.3 is 6.18 Å². The Labute approximate surface area is 125 Å². The van der Waals surface area contributed by atoms with E-state index in [0.29, 0.717) is 18.9 Å². The molecule has 0 unspecified atom stereocenters. The summed E-state index contributed by atoms with van der Waals surface area (Å²) in [4.78, 5) is 23.5. The second-order valence-electron chi connectivity index (χ2n) is 5.29. The van der Waals surface area contributed by atoms with Crippen molar-refractivity contribution >= 4 is 5.91 Å². The normalized spacial score (nSPS) is 19.9. The maximum absolute atomic E-state index is 12.6. The highest BCUT2D eigenvalue weighted by atomic mass is 19.4. The molecule has 1 fully saturated rings. The Balaban J connectivity index is 2.03. The van der Waals surface area contributed by atoms with Crippen LogP contribution in [0, 0.1) is 0 Å². The molecule has 1 saturated heterocycles. The van der Waals surface area contributed by atoms with E-state index in [1.165, 1.54) is 0 Å². The molecule has 122 valence electrons. The summed E-state index contributed by atoms with van der Waals surface area (Å²) in [6.45, 7) is 1.95. The summed E-state index contributed by atoms with van der Waals surface area (Å²) < 4.78 is 44.0. The van der Waals surface area contributed by atoms with Crippen molar-refractivity contribution in [2.24, 2.45) is 0 Å². The van der Waals surface area contributed by atoms with Crippen LogP contribution in [0.1, 0.15) is 25.3 Å². The fourth-order valence-electron chi connectivity index (χ4n) is 2.37. The molecule has 2 rings (SSSR count). The van der Waals surface area contributed by atoms with Crippen molar-refractivity contribution in [2.45, 2.75) is 44.6 Å². The Bertz CT molecular complexity index is 592. The first-order chi connectivity index (χ1) is 10.3. The Morgan fingerprint density at radius 2 is 2.23 bits per heavy atom. The Kier molecular flexibility index (Phi) is 4.90. The number of alkyl halides is 3. The number of rotatable bonds is 4. The number of amides is 1. The molecular weight excluding hydrogens is 301 g/mol. The number of aromatic nitrogens is 1. The van der Waals surface area contributed by atoms with Gasteiger partial charge in [-0.3, -0.25) is 9.59 Å². The highest BCUT2D eigenvalue weighted by Crippen LogP contribution is 2.27. The van der Waals surface area contributed by atoms with Crippen LogP contribution in [0.3, 0.4) is 0 Å². The maximum atomic E-state index is 12.6. The van der Waals surface area contributed by atoms with Crippen molar-refractivity contribution in [1.82, 2.24) is 9.88 Å². The van der Waals surface area contributed by atoms with Gasteiger partial charge in [0.25, 0.3) is 5.56 Å². The van der Waals surface area contributed by atoms with E-state index in [1.807, 2.05) is 0 Å². The lowest BCUT2D eigenvalue weighted by molar-refractivity contribution is -0.138. The average molecular weight is 318 g/mol. The first-order valence-corrected chi connectivity index (χ1v) is 6.96. The quantitative estimate of drug-likeness (QED) is 0.916. The number of nitrogens with one attached hydrogen (secondary N) is 1. The van der Waals surface area contributed by atoms with Crippen LogP contribution < -0.4 is 10.9 Å². The molecule has 0 radical (unpaired) electrons. The molecule has 0 spiro atoms. The van der Waals surface area contributed by atoms with Gasteiger partial charge in [-0.05, 0) is 25.8 Å². The minimum absolute atomic E-state index is 0.0952. The standard InChI is InChI=1S/C14H17F3N2O3/c1-9(11-3-2-6-22-11)18-12(20)8-19-7-10(14(15,16)17)4-5-13(19)21/h4-5,7,9,11H,2-3,6,8H2,1H3,(H,18,20)/t9-,11-/m0/s1. The molecule has 0 aromatic carbocycles. The summed E-state index contributed by atoms with van der Waals surface area (Å²) >= 11 is 0. The van der Waals surface area contributed by atoms with Gasteiger partial charge in [0.15, 0.2) is 0 Å². The molecule has 1 amide bonds. The van der Waals surface area contributed by atoms with Gasteiger partial charge < -0.3 is 14.6 Å². The molecule has 22 heavy (non-hydrogen) atoms. The lowest BCUT2D eigenvalue weighted by Gasteiger charge is -2.20. The van der Waals surface area contributed by atoms with Gasteiger partial charge in [0.05, 0.1) is 17.7 Å². The highest BCUT2D eigenvalue weighted by molar-refractivity contribution is 5.76. The SMILES string of the molecule is C[C@H](NC(=O)Cn1cc(C(F)(F)F)ccc1=O)[C@@H]1CCCO1. The van der Waals surface area contributed by atoms with Gasteiger partial charge in [0.2, 0.25) is 5.91 Å². The topological polar surface area (TPSA) is 60.3 Å². The number of ether oxygens (including phenoxy) is 1. The van der Waals surface area contributed by atoms with Crippen LogP contribution in [-0.4, -0.2) is 29.2 Å². The van der Waals surface area contributed by atoms with Gasteiger partial charge in [-0.25, -0.2) is 0 Å². The largest absolute Gasteiger partial charge is 0.417 e. The molecule has 1 aliphatic rings. The van der Waals surface area contributed by atoms with E-state index in [2.05, 4.69) is 5.32 Å². The number of hydrogen-bond donors (Lipinski definition) is 1. The van der Waals surface area contributed by atoms with E-state index in [9.17, 15) is 22.8 Å². The molecular formula is C14H17F3N2O3. The molecule has 0 bridgehead atoms. The zero-order valence-corrected chi connectivity index (χ0v) is 12.0. The molecule has 1 N–H and O–H groups in total. The minimum Gasteiger partial charge on any atom is -0.376 e. The molecule has 2 atom stereocenters. The molecule has 0 aliphatic carbocycles. The minimum atomic E-state index is -4.56. The van der Waals surface area contributed by atoms with Crippen LogP contribution >= 0.6 is 0 Å². The van der Waals surface area contributed by atoms with Gasteiger partial charge in [-0.1, -0.05) is 0 Å². The zero-order chi connectivity index (χ0) is 16.3. The van der Waals surface area contributed by atoms with Gasteiger partial charge in [0.1, 0.15) is 6.54 Å². The van der Waals surface area contributed by atoms with Crippen LogP contribution in [0.4, 0.5) is 13.2 Å². The zero-order valence-electron chi connectivity index (χ0n) is 12.0. The molecule has 5 nitrogen and oxygen atoms in total. The van der Waals surface area contributed by atoms with Crippen LogP contribution in [-0.2, 0) is 22.3 Å². The lowest BCUT2D eigenvalue weighted by atomic mass is 10.1. The fraction of sp³-hybridized carbons (Fsp3) is 0.571. The van der Waals surface area contributed by atoms with Crippen molar-refractivity contribution in [3.63, 3.8) is 0 Å². The number of halogens is 3. The van der Waals surface area contributed by atoms with Gasteiger partial charge in [-0.15, -0.1) is 0 Å². The first-order valence-electron chi connectivity index (χ1n) is 6.96. The number of nitrogens with zero attached hydrogens (tertiary/aromatic N) is 1. The maximum Gasteiger partial charge on any atom is 0.417 e. The smallest absolute Gasteiger partial charge is 0.376 e. The first kappa shape index (κ1) is 16.5. The van der Waals surface area contributed by atoms with E-state index < -0.39 is 29.8 Å². The summed E-state index contributed by atoms with van der Waals surface area (Å²) in [5.74, 6) is -0.524. The van der Waals surface area contributed by atoms with Crippen molar-refractivity contribution in [1.29, 1.82) is 0 Å². The third kappa shape index (κ3) is 4.09. The van der Waals surface area contributed by atoms with Crippen molar-refractivity contribution < 1.29 is 22.7 Å². The van der Waals surface area contributed by atoms with Crippen molar-refractivity contribution in [3.8, 4) is 0 Å². The van der Waals surface area contributed by atoms with Gasteiger partial charge in [-0.2, -0.15) is 13.2 Å². The van der Waals surface area contributed by atoms with E-state index in [-0.39, 0.29) is 12.1 Å². The lowest BCUT2D eigenvalue weighted by Crippen LogP contribution is -2.43. The summed E-state index contributed by atoms with van der Waals surface area (Å²) in [5, 5.41) is 2.65. The average Bonchev–Trinajstić information content (AvgIpc) is 2.94. The van der Waals surface area contributed by atoms with Crippen LogP contribution in [0.2, 0.25) is 0 Å². The molecule has 1 aromatic heterocycles. The van der Waals surface area contributed by atoms with E-state index in [1.54, 1.807) is 6.92 Å². The monoisotopic (exact) mass is 318 g/mol. The second kappa shape index (κ2) is 6.51. The van der Waals surface area contributed by atoms with E-state index >= 15 is 0 Å². The third-order valence-corrected chi connectivity index (χ3v) is 3.54. The highest BCUT2D eigenvalue weighted by Gasteiger charge is 2.31. The van der Waals surface area contributed by atoms with Crippen molar-refractivity contribution in [2.75, 3.05) is 6.61 Å². The molecule has 1 aliphatic heterocycles. The van der Waals surface area contributed by atoms with E-state index in [0.717, 1.165) is 23.5 Å². The number of pyridine rings is 1. The van der Waals surface area contributed by atoms with Crippen LogP contribution in [0.5, 0.6) is 0 Å². The molecule has 0 saturated carbocycles. The second-order valence-corrected chi connectivity index (χ2v) is 5.29. The summed E-state index contributed by atoms with van der Waals surface area (Å²) in [6.07, 6.45) is -2.26. The summed E-state index contributed by atoms with van der Waals surface area (Å²) in [5.41, 5.74) is -1.63. The molecule has 2 heterocycles. The van der Waals surface area contributed by atoms with Crippen molar-refractivity contribution in [3.05, 3.63) is 34.2 Å². The molecule has 8 heteroatoms. The number of carbonyl (C=O) groups excluding carboxylic acids is 1. The Hall–Kier alpha value is -1.83. The van der Waals surface area contributed by atoms with Crippen LogP contribution in [0.25, 0.3) is 0 Å². The van der Waals surface area contributed by atoms with E-state index in [4.69, 9.17) is 4.74 Å². The summed E-state index contributed by atoms with van der Waals surface area (Å²) in [7, 11) is 0. The number of carbonyl (C=O) groups is 1. The molecule has 1 aromatic rings. The predicted octanol–water partition coefficient (Wildman–Crippen LogP) is 1.55. The fourth-order valence-corrected chi connectivity index (χ4v) is 2.37. The van der Waals surface area contributed by atoms with Crippen LogP contribution in [0.15, 0.2) is 23.1 Å². The summed E-state index contributed by atoms with van der Waals surface area (Å²) in [6, 6.07) is 1.25. The Morgan fingerprint density at radius 3 is 2.82 bits per heavy atom. The van der Waals surface area contributed by atoms with Gasteiger partial charge in [0, 0.05) is 18.9 Å². The Morgan fingerprint density at radius 1 is 1.50 bits per heavy atom.